The maximum Gasteiger partial charge on any atom is 0.189 e. The van der Waals surface area contributed by atoms with Crippen LogP contribution in [0.15, 0.2) is 197 Å². The maximum atomic E-state index is 16.0. The Morgan fingerprint density at radius 2 is 1.06 bits per heavy atom. The lowest BCUT2D eigenvalue weighted by atomic mass is 9.65. The van der Waals surface area contributed by atoms with E-state index in [9.17, 15) is 66.1 Å². The first-order valence-corrected chi connectivity index (χ1v) is 30.8. The third-order valence-electron chi connectivity index (χ3n) is 17.8. The minimum absolute atomic E-state index is 0.000230. The molecule has 12 N–H and O–H groups in total. The lowest BCUT2D eigenvalue weighted by Crippen LogP contribution is -2.33. The van der Waals surface area contributed by atoms with Gasteiger partial charge in [0.05, 0.1) is 16.7 Å². The Kier molecular flexibility index (Phi) is 18.1. The van der Waals surface area contributed by atoms with Crippen LogP contribution < -0.4 is 4.74 Å². The van der Waals surface area contributed by atoms with Gasteiger partial charge in [-0.05, 0) is 180 Å². The van der Waals surface area contributed by atoms with E-state index in [-0.39, 0.29) is 128 Å². The monoisotopic (exact) mass is 1280 g/mol. The smallest absolute Gasteiger partial charge is 0.189 e. The van der Waals surface area contributed by atoms with Gasteiger partial charge < -0.3 is 70.4 Å². The predicted molar refractivity (Wildman–Crippen MR) is 358 cm³/mol. The summed E-state index contributed by atoms with van der Waals surface area (Å²) in [7, 11) is 0. The topological polar surface area (TPSA) is 316 Å². The Morgan fingerprint density at radius 1 is 0.505 bits per heavy atom. The van der Waals surface area contributed by atoms with Gasteiger partial charge in [0.15, 0.2) is 17.3 Å². The number of rotatable bonds is 18. The highest BCUT2D eigenvalue weighted by Crippen LogP contribution is 2.56. The third kappa shape index (κ3) is 13.3. The number of phenolic OH excluding ortho intramolecular Hbond substituents is 12. The Labute approximate surface area is 546 Å². The number of allylic oxidation sites excluding steroid dienone is 9. The van der Waals surface area contributed by atoms with E-state index in [2.05, 4.69) is 0 Å². The molecule has 2 aliphatic carbocycles. The molecule has 17 heteroatoms. The van der Waals surface area contributed by atoms with Gasteiger partial charge in [0.1, 0.15) is 91.8 Å². The van der Waals surface area contributed by atoms with Gasteiger partial charge in [0, 0.05) is 87.3 Å². The van der Waals surface area contributed by atoms with E-state index in [0.717, 1.165) is 17.2 Å². The number of carbonyl (C=O) groups is 3. The molecule has 95 heavy (non-hydrogen) atoms. The van der Waals surface area contributed by atoms with Crippen LogP contribution in [0, 0.1) is 11.8 Å². The summed E-state index contributed by atoms with van der Waals surface area (Å²) >= 11 is 0. The highest BCUT2D eigenvalue weighted by molar-refractivity contribution is 6.09. The van der Waals surface area contributed by atoms with E-state index >= 15 is 9.59 Å². The molecule has 6 atom stereocenters. The van der Waals surface area contributed by atoms with Gasteiger partial charge in [-0.25, -0.2) is 0 Å². The average Bonchev–Trinajstić information content (AvgIpc) is 1.07. The van der Waals surface area contributed by atoms with Gasteiger partial charge in [-0.15, -0.1) is 0 Å². The largest absolute Gasteiger partial charge is 0.508 e. The molecule has 0 aliphatic heterocycles. The van der Waals surface area contributed by atoms with E-state index in [0.29, 0.717) is 27.7 Å². The number of hydrogen-bond donors (Lipinski definition) is 12. The Balaban J connectivity index is 1.06. The zero-order chi connectivity index (χ0) is 67.8. The molecule has 8 aromatic carbocycles. The molecule has 6 unspecified atom stereocenters. The number of ketones is 3. The summed E-state index contributed by atoms with van der Waals surface area (Å²) in [6.45, 7) is 9.13. The zero-order valence-electron chi connectivity index (χ0n) is 52.4. The minimum atomic E-state index is -1.42. The summed E-state index contributed by atoms with van der Waals surface area (Å²) in [4.78, 5) is 45.9. The van der Waals surface area contributed by atoms with Crippen molar-refractivity contribution in [3.8, 4) is 86.1 Å². The lowest BCUT2D eigenvalue weighted by Gasteiger charge is -2.38. The molecule has 9 aromatic rings. The van der Waals surface area contributed by atoms with E-state index < -0.39 is 87.4 Å². The normalized spacial score (nSPS) is 17.8. The standard InChI is InChI=1S/C78H70O17/c1-39(2)6-20-52-62(84)27-24-55(74(52)89)77(92)70-57(43-11-16-47(80)17-12-43)37-50(38-60(70)73-63(85)28-23-53(76(73)91)61(83)26-10-42-8-14-46(79)15-9-42)94-67-29-25-56(75(90)54(67)21-7-40(3)4)78(93)71-58(51-22-19-48(81)35-64(51)86)30-41(5)31-59(71)72-65(87)32-45(33-66(72)88)68-34-44-13-18-49(82)36-69(44)95-68/h6-19,22-29,31-36,38,57-60,70-71,79-82,84-91H,20-21,30,37H2,1-5H3/b26-10+. The molecule has 11 rings (SSSR count). The average molecular weight is 1280 g/mol. The molecule has 0 fully saturated rings. The van der Waals surface area contributed by atoms with E-state index in [4.69, 9.17) is 9.15 Å². The number of phenols is 12. The van der Waals surface area contributed by atoms with Gasteiger partial charge in [-0.1, -0.05) is 71.4 Å². The van der Waals surface area contributed by atoms with Crippen LogP contribution in [0.1, 0.15) is 141 Å². The van der Waals surface area contributed by atoms with Gasteiger partial charge in [0.25, 0.3) is 0 Å². The predicted octanol–water partition coefficient (Wildman–Crippen LogP) is 15.9. The fourth-order valence-corrected chi connectivity index (χ4v) is 13.1. The number of carbonyl (C=O) groups excluding carboxylic acids is 3. The Morgan fingerprint density at radius 3 is 1.72 bits per heavy atom. The number of Topliss-reactive ketones (excluding diaryl/α,β-unsaturated/α-hetero) is 2. The molecule has 2 aliphatic rings. The molecule has 1 heterocycles. The molecule has 0 spiro atoms. The molecule has 0 radical (unpaired) electrons. The number of aromatic hydroxyl groups is 12. The lowest BCUT2D eigenvalue weighted by molar-refractivity contribution is 0.0865. The van der Waals surface area contributed by atoms with Gasteiger partial charge in [-0.3, -0.25) is 14.4 Å². The molecule has 17 nitrogen and oxygen atoms in total. The summed E-state index contributed by atoms with van der Waals surface area (Å²) in [6, 6.07) is 32.8. The number of furan rings is 1. The minimum Gasteiger partial charge on any atom is -0.508 e. The second-order valence-corrected chi connectivity index (χ2v) is 24.8. The summed E-state index contributed by atoms with van der Waals surface area (Å²) in [6.07, 6.45) is 9.50. The quantitative estimate of drug-likeness (QED) is 0.0216. The number of fused-ring (bicyclic) bond motifs is 1. The van der Waals surface area contributed by atoms with Crippen LogP contribution in [0.25, 0.3) is 28.4 Å². The van der Waals surface area contributed by atoms with E-state index in [1.807, 2.05) is 27.7 Å². The third-order valence-corrected chi connectivity index (χ3v) is 17.8. The first kappa shape index (κ1) is 64.9. The molecule has 0 amide bonds. The molecule has 0 saturated heterocycles. The van der Waals surface area contributed by atoms with E-state index in [1.54, 1.807) is 61.5 Å². The fourth-order valence-electron chi connectivity index (χ4n) is 13.1. The second kappa shape index (κ2) is 26.6. The number of ether oxygens (including phenoxy) is 1. The SMILES string of the molecule is CC(C)=CCc1c(O)ccc(C(=O)C2C(c3c(O)ccc(C(=O)/C=C/c4ccc(O)cc4)c3O)C=C(Oc3ccc(C(=O)C4C(c5c(O)cc(-c6cc7ccc(O)cc7o6)cc5O)C=C(C)CC4c4ccc(O)cc4O)c(O)c3CC=C(C)C)CC2c2ccc(O)cc2)c1O. The maximum absolute atomic E-state index is 16.0. The number of hydrogen-bond acceptors (Lipinski definition) is 17. The Hall–Kier alpha value is -11.6. The van der Waals surface area contributed by atoms with Crippen LogP contribution in [0.4, 0.5) is 0 Å². The van der Waals surface area contributed by atoms with E-state index in [1.165, 1.54) is 115 Å². The highest BCUT2D eigenvalue weighted by atomic mass is 16.5. The van der Waals surface area contributed by atoms with Crippen molar-refractivity contribution in [3.05, 3.63) is 248 Å². The van der Waals surface area contributed by atoms with Crippen LogP contribution in [0.2, 0.25) is 0 Å². The molecule has 0 saturated carbocycles. The fraction of sp³-hybridized carbons (Fsp3) is 0.192. The van der Waals surface area contributed by atoms with Crippen molar-refractivity contribution in [2.75, 3.05) is 0 Å². The van der Waals surface area contributed by atoms with Crippen molar-refractivity contribution >= 4 is 34.4 Å². The van der Waals surface area contributed by atoms with Crippen molar-refractivity contribution < 1.29 is 84.8 Å². The van der Waals surface area contributed by atoms with Crippen molar-refractivity contribution in [1.82, 2.24) is 0 Å². The first-order valence-electron chi connectivity index (χ1n) is 30.8. The molecule has 484 valence electrons. The van der Waals surface area contributed by atoms with Crippen LogP contribution in [-0.4, -0.2) is 78.6 Å². The van der Waals surface area contributed by atoms with Gasteiger partial charge in [-0.2, -0.15) is 0 Å². The molecule has 1 aromatic heterocycles. The van der Waals surface area contributed by atoms with Crippen molar-refractivity contribution in [3.63, 3.8) is 0 Å². The molecular formula is C78H70O17. The van der Waals surface area contributed by atoms with Gasteiger partial charge in [0.2, 0.25) is 0 Å². The Bertz CT molecular complexity index is 4660. The summed E-state index contributed by atoms with van der Waals surface area (Å²) in [5, 5.41) is 138. The first-order chi connectivity index (χ1) is 45.3. The summed E-state index contributed by atoms with van der Waals surface area (Å²) in [5.74, 6) is -12.9. The molecular weight excluding hydrogens is 1210 g/mol. The van der Waals surface area contributed by atoms with Crippen LogP contribution in [0.5, 0.6) is 74.7 Å². The summed E-state index contributed by atoms with van der Waals surface area (Å²) in [5.41, 5.74) is 3.39. The van der Waals surface area contributed by atoms with Crippen molar-refractivity contribution in [2.24, 2.45) is 11.8 Å². The summed E-state index contributed by atoms with van der Waals surface area (Å²) < 4.78 is 12.9. The van der Waals surface area contributed by atoms with Crippen molar-refractivity contribution in [2.45, 2.75) is 84.0 Å². The number of benzene rings is 8. The van der Waals surface area contributed by atoms with Crippen LogP contribution in [0.3, 0.4) is 0 Å². The van der Waals surface area contributed by atoms with Crippen LogP contribution in [-0.2, 0) is 12.8 Å². The molecule has 0 bridgehead atoms. The zero-order valence-corrected chi connectivity index (χ0v) is 52.4. The second-order valence-electron chi connectivity index (χ2n) is 24.8. The van der Waals surface area contributed by atoms with Crippen LogP contribution >= 0.6 is 0 Å². The highest BCUT2D eigenvalue weighted by Gasteiger charge is 2.46. The van der Waals surface area contributed by atoms with Crippen molar-refractivity contribution in [1.29, 1.82) is 0 Å². The van der Waals surface area contributed by atoms with Gasteiger partial charge >= 0.3 is 0 Å².